The van der Waals surface area contributed by atoms with Gasteiger partial charge < -0.3 is 20.5 Å². The Morgan fingerprint density at radius 2 is 2.19 bits per heavy atom. The van der Waals surface area contributed by atoms with E-state index in [4.69, 9.17) is 21.4 Å². The molecule has 0 aliphatic carbocycles. The first-order valence-corrected chi connectivity index (χ1v) is 7.09. The van der Waals surface area contributed by atoms with Crippen LogP contribution in [-0.2, 0) is 4.74 Å². The smallest absolute Gasteiger partial charge is 0.335 e. The highest BCUT2D eigenvalue weighted by molar-refractivity contribution is 6.31. The molecule has 7 heteroatoms. The number of urea groups is 1. The maximum absolute atomic E-state index is 11.7. The molecule has 3 N–H and O–H groups in total. The largest absolute Gasteiger partial charge is 0.478 e. The summed E-state index contributed by atoms with van der Waals surface area (Å²) in [5.41, 5.74) is 0.377. The second kappa shape index (κ2) is 7.28. The van der Waals surface area contributed by atoms with Gasteiger partial charge in [-0.2, -0.15) is 0 Å². The summed E-state index contributed by atoms with van der Waals surface area (Å²) in [5.74, 6) is -0.600. The average molecular weight is 313 g/mol. The van der Waals surface area contributed by atoms with Crippen LogP contribution in [0.5, 0.6) is 0 Å². The normalized spacial score (nSPS) is 17.5. The molecule has 2 rings (SSSR count). The first-order chi connectivity index (χ1) is 10.0. The highest BCUT2D eigenvalue weighted by Crippen LogP contribution is 2.19. The molecular weight excluding hydrogens is 296 g/mol. The lowest BCUT2D eigenvalue weighted by Crippen LogP contribution is -2.30. The van der Waals surface area contributed by atoms with Crippen molar-refractivity contribution >= 4 is 29.3 Å². The minimum atomic E-state index is -1.10. The van der Waals surface area contributed by atoms with E-state index in [9.17, 15) is 9.59 Å². The number of carboxylic acid groups (broad SMARTS) is 1. The number of aromatic carboxylic acids is 1. The fourth-order valence-corrected chi connectivity index (χ4v) is 2.40. The van der Waals surface area contributed by atoms with Gasteiger partial charge in [0.2, 0.25) is 0 Å². The number of rotatable bonds is 5. The van der Waals surface area contributed by atoms with Gasteiger partial charge in [-0.25, -0.2) is 9.59 Å². The molecule has 1 saturated heterocycles. The van der Waals surface area contributed by atoms with E-state index in [1.807, 2.05) is 0 Å². The number of halogens is 1. The Morgan fingerprint density at radius 1 is 1.38 bits per heavy atom. The highest BCUT2D eigenvalue weighted by Gasteiger charge is 2.15. The maximum atomic E-state index is 11.7. The Kier molecular flexibility index (Phi) is 5.41. The van der Waals surface area contributed by atoms with Crippen LogP contribution >= 0.6 is 11.6 Å². The molecule has 1 heterocycles. The predicted molar refractivity (Wildman–Crippen MR) is 79.0 cm³/mol. The summed E-state index contributed by atoms with van der Waals surface area (Å²) in [6, 6.07) is 3.80. The summed E-state index contributed by atoms with van der Waals surface area (Å²) in [6.45, 7) is 2.09. The van der Waals surface area contributed by atoms with E-state index < -0.39 is 5.97 Å². The van der Waals surface area contributed by atoms with E-state index in [0.717, 1.165) is 26.1 Å². The lowest BCUT2D eigenvalue weighted by Gasteiger charge is -2.10. The predicted octanol–water partition coefficient (Wildman–Crippen LogP) is 2.59. The van der Waals surface area contributed by atoms with Gasteiger partial charge in [0.1, 0.15) is 0 Å². The lowest BCUT2D eigenvalue weighted by molar-refractivity contribution is 0.0697. The van der Waals surface area contributed by atoms with E-state index in [0.29, 0.717) is 18.2 Å². The third-order valence-electron chi connectivity index (χ3n) is 3.26. The third-order valence-corrected chi connectivity index (χ3v) is 3.48. The van der Waals surface area contributed by atoms with Crippen molar-refractivity contribution in [2.45, 2.75) is 12.8 Å². The number of hydrogen-bond donors (Lipinski definition) is 3. The van der Waals surface area contributed by atoms with Crippen molar-refractivity contribution in [3.63, 3.8) is 0 Å². The van der Waals surface area contributed by atoms with Crippen LogP contribution < -0.4 is 10.6 Å². The number of anilines is 1. The molecular formula is C14H17ClN2O4. The number of nitrogens with one attached hydrogen (secondary N) is 2. The zero-order chi connectivity index (χ0) is 15.2. The quantitative estimate of drug-likeness (QED) is 0.780. The molecule has 1 aliphatic heterocycles. The topological polar surface area (TPSA) is 87.7 Å². The highest BCUT2D eigenvalue weighted by atomic mass is 35.5. The van der Waals surface area contributed by atoms with E-state index in [2.05, 4.69) is 10.6 Å². The number of benzene rings is 1. The molecule has 114 valence electrons. The first-order valence-electron chi connectivity index (χ1n) is 6.71. The fraction of sp³-hybridized carbons (Fsp3) is 0.429. The summed E-state index contributed by atoms with van der Waals surface area (Å²) in [7, 11) is 0. The number of carbonyl (C=O) groups excluding carboxylic acids is 1. The molecule has 0 radical (unpaired) electrons. The summed E-state index contributed by atoms with van der Waals surface area (Å²) < 4.78 is 5.26. The van der Waals surface area contributed by atoms with Crippen LogP contribution in [0.25, 0.3) is 0 Å². The van der Waals surface area contributed by atoms with Gasteiger partial charge >= 0.3 is 12.0 Å². The minimum Gasteiger partial charge on any atom is -0.478 e. The molecule has 1 aromatic carbocycles. The molecule has 2 amide bonds. The van der Waals surface area contributed by atoms with Crippen molar-refractivity contribution in [2.75, 3.05) is 25.1 Å². The van der Waals surface area contributed by atoms with Crippen LogP contribution in [0.4, 0.5) is 10.5 Å². The van der Waals surface area contributed by atoms with Crippen LogP contribution in [0.2, 0.25) is 5.02 Å². The van der Waals surface area contributed by atoms with Gasteiger partial charge in [0.05, 0.1) is 5.56 Å². The van der Waals surface area contributed by atoms with E-state index in [-0.39, 0.29) is 16.6 Å². The molecule has 0 spiro atoms. The first kappa shape index (κ1) is 15.6. The molecule has 1 fully saturated rings. The molecule has 6 nitrogen and oxygen atoms in total. The average Bonchev–Trinajstić information content (AvgIpc) is 2.91. The molecule has 1 atom stereocenters. The van der Waals surface area contributed by atoms with Crippen molar-refractivity contribution < 1.29 is 19.4 Å². The van der Waals surface area contributed by atoms with Gasteiger partial charge in [0, 0.05) is 30.5 Å². The molecule has 1 aromatic rings. The molecule has 21 heavy (non-hydrogen) atoms. The maximum Gasteiger partial charge on any atom is 0.335 e. The standard InChI is InChI=1S/C14H17ClN2O4/c15-11-5-10(13(18)19)6-12(7-11)17-14(20)16-3-1-9-2-4-21-8-9/h5-7,9H,1-4,8H2,(H,18,19)(H2,16,17,20). The Balaban J connectivity index is 1.82. The van der Waals surface area contributed by atoms with Crippen LogP contribution in [0.3, 0.4) is 0 Å². The van der Waals surface area contributed by atoms with E-state index in [1.165, 1.54) is 18.2 Å². The van der Waals surface area contributed by atoms with Crippen LogP contribution in [0.1, 0.15) is 23.2 Å². The van der Waals surface area contributed by atoms with Crippen molar-refractivity contribution in [1.82, 2.24) is 5.32 Å². The number of carboxylic acids is 1. The zero-order valence-electron chi connectivity index (χ0n) is 11.4. The molecule has 0 bridgehead atoms. The fourth-order valence-electron chi connectivity index (χ4n) is 2.16. The van der Waals surface area contributed by atoms with Crippen LogP contribution in [0.15, 0.2) is 18.2 Å². The summed E-state index contributed by atoms with van der Waals surface area (Å²) in [4.78, 5) is 22.6. The van der Waals surface area contributed by atoms with Crippen molar-refractivity contribution in [2.24, 2.45) is 5.92 Å². The number of hydrogen-bond acceptors (Lipinski definition) is 3. The summed E-state index contributed by atoms with van der Waals surface area (Å²) in [5, 5.41) is 14.5. The van der Waals surface area contributed by atoms with Gasteiger partial charge in [0.15, 0.2) is 0 Å². The summed E-state index contributed by atoms with van der Waals surface area (Å²) >= 11 is 5.82. The van der Waals surface area contributed by atoms with Gasteiger partial charge in [-0.1, -0.05) is 11.6 Å². The minimum absolute atomic E-state index is 0.0286. The Morgan fingerprint density at radius 3 is 2.86 bits per heavy atom. The van der Waals surface area contributed by atoms with Gasteiger partial charge in [-0.15, -0.1) is 0 Å². The number of amides is 2. The number of carbonyl (C=O) groups is 2. The SMILES string of the molecule is O=C(NCCC1CCOC1)Nc1cc(Cl)cc(C(=O)O)c1. The lowest BCUT2D eigenvalue weighted by atomic mass is 10.1. The third kappa shape index (κ3) is 4.91. The van der Waals surface area contributed by atoms with Crippen molar-refractivity contribution in [3.8, 4) is 0 Å². The van der Waals surface area contributed by atoms with E-state index in [1.54, 1.807) is 0 Å². The summed E-state index contributed by atoms with van der Waals surface area (Å²) in [6.07, 6.45) is 1.89. The van der Waals surface area contributed by atoms with Crippen LogP contribution in [-0.4, -0.2) is 36.9 Å². The Bertz CT molecular complexity index is 530. The van der Waals surface area contributed by atoms with Gasteiger partial charge in [0.25, 0.3) is 0 Å². The Labute approximate surface area is 127 Å². The van der Waals surface area contributed by atoms with Gasteiger partial charge in [-0.05, 0) is 37.0 Å². The van der Waals surface area contributed by atoms with E-state index >= 15 is 0 Å². The monoisotopic (exact) mass is 312 g/mol. The van der Waals surface area contributed by atoms with Gasteiger partial charge in [-0.3, -0.25) is 0 Å². The second-order valence-corrected chi connectivity index (χ2v) is 5.37. The molecule has 0 saturated carbocycles. The molecule has 1 aliphatic rings. The van der Waals surface area contributed by atoms with Crippen LogP contribution in [0, 0.1) is 5.92 Å². The number of ether oxygens (including phenoxy) is 1. The molecule has 0 aromatic heterocycles. The van der Waals surface area contributed by atoms with Crippen molar-refractivity contribution in [3.05, 3.63) is 28.8 Å². The molecule has 1 unspecified atom stereocenters. The zero-order valence-corrected chi connectivity index (χ0v) is 12.2. The Hall–Kier alpha value is -1.79. The van der Waals surface area contributed by atoms with Crippen molar-refractivity contribution in [1.29, 1.82) is 0 Å². The second-order valence-electron chi connectivity index (χ2n) is 4.93.